The number of hydrogen-bond donors (Lipinski definition) is 1. The minimum Gasteiger partial charge on any atom is -0.496 e. The molecule has 2 aromatic carbocycles. The fourth-order valence-corrected chi connectivity index (χ4v) is 4.25. The van der Waals surface area contributed by atoms with E-state index < -0.39 is 0 Å². The maximum atomic E-state index is 13.0. The van der Waals surface area contributed by atoms with E-state index in [0.29, 0.717) is 17.7 Å². The van der Waals surface area contributed by atoms with Crippen molar-refractivity contribution >= 4 is 32.7 Å². The lowest BCUT2D eigenvalue weighted by Gasteiger charge is -2.13. The summed E-state index contributed by atoms with van der Waals surface area (Å²) in [6, 6.07) is 11.5. The van der Waals surface area contributed by atoms with Crippen molar-refractivity contribution in [3.05, 3.63) is 74.0 Å². The third-order valence-corrected chi connectivity index (χ3v) is 5.49. The molecule has 3 aromatic rings. The van der Waals surface area contributed by atoms with E-state index >= 15 is 0 Å². The molecule has 0 fully saturated rings. The summed E-state index contributed by atoms with van der Waals surface area (Å²) in [5, 5.41) is 3.43. The highest BCUT2D eigenvalue weighted by atomic mass is 79.9. The molecule has 27 heavy (non-hydrogen) atoms. The Morgan fingerprint density at radius 2 is 2.11 bits per heavy atom. The molecule has 1 amide bonds. The number of ether oxygens (including phenoxy) is 1. The van der Waals surface area contributed by atoms with E-state index in [1.165, 1.54) is 0 Å². The Labute approximate surface area is 165 Å². The number of hydrogen-bond acceptors (Lipinski definition) is 3. The predicted octanol–water partition coefficient (Wildman–Crippen LogP) is 3.82. The molecule has 0 bridgehead atoms. The number of nitrogens with zero attached hydrogens (tertiary/aromatic N) is 1. The van der Waals surface area contributed by atoms with E-state index in [1.54, 1.807) is 19.4 Å². The SMILES string of the molecule is COc1ccccc1CNC(=O)c1cn2c3c(cc(Br)cc3c1=O)C[C@H]2C. The molecular weight excluding hydrogens is 408 g/mol. The van der Waals surface area contributed by atoms with Crippen molar-refractivity contribution in [3.63, 3.8) is 0 Å². The number of carbonyl (C=O) groups is 1. The number of methoxy groups -OCH3 is 1. The van der Waals surface area contributed by atoms with Gasteiger partial charge in [0.2, 0.25) is 5.43 Å². The number of nitrogens with one attached hydrogen (secondary N) is 1. The maximum Gasteiger partial charge on any atom is 0.257 e. The standard InChI is InChI=1S/C21H19BrN2O3/c1-12-7-14-8-15(22)9-16-19(14)24(12)11-17(20(16)25)21(26)23-10-13-5-3-4-6-18(13)27-2/h3-6,8-9,11-12H,7,10H2,1-2H3,(H,23,26)/t12-/m1/s1. The van der Waals surface area contributed by atoms with Crippen molar-refractivity contribution in [1.29, 1.82) is 0 Å². The summed E-state index contributed by atoms with van der Waals surface area (Å²) in [6.45, 7) is 2.38. The van der Waals surface area contributed by atoms with Gasteiger partial charge in [0, 0.05) is 34.2 Å². The van der Waals surface area contributed by atoms with Gasteiger partial charge < -0.3 is 14.6 Å². The van der Waals surface area contributed by atoms with Crippen molar-refractivity contribution in [2.45, 2.75) is 25.9 Å². The summed E-state index contributed by atoms with van der Waals surface area (Å²) in [5.41, 5.74) is 2.84. The quantitative estimate of drug-likeness (QED) is 0.689. The Morgan fingerprint density at radius 1 is 1.33 bits per heavy atom. The minimum atomic E-state index is -0.378. The number of aromatic nitrogens is 1. The molecule has 1 aromatic heterocycles. The summed E-state index contributed by atoms with van der Waals surface area (Å²) in [4.78, 5) is 25.8. The smallest absolute Gasteiger partial charge is 0.257 e. The molecule has 1 atom stereocenters. The number of benzene rings is 2. The Morgan fingerprint density at radius 3 is 2.89 bits per heavy atom. The lowest BCUT2D eigenvalue weighted by molar-refractivity contribution is 0.0949. The number of amides is 1. The molecular formula is C21H19BrN2O3. The van der Waals surface area contributed by atoms with Gasteiger partial charge in [0.15, 0.2) is 0 Å². The van der Waals surface area contributed by atoms with Crippen LogP contribution in [0.4, 0.5) is 0 Å². The largest absolute Gasteiger partial charge is 0.496 e. The van der Waals surface area contributed by atoms with E-state index in [4.69, 9.17) is 4.74 Å². The van der Waals surface area contributed by atoms with Gasteiger partial charge in [0.25, 0.3) is 5.91 Å². The molecule has 5 nitrogen and oxygen atoms in total. The van der Waals surface area contributed by atoms with Gasteiger partial charge in [-0.15, -0.1) is 0 Å². The van der Waals surface area contributed by atoms with Gasteiger partial charge in [-0.3, -0.25) is 9.59 Å². The topological polar surface area (TPSA) is 60.3 Å². The van der Waals surface area contributed by atoms with Crippen molar-refractivity contribution in [3.8, 4) is 5.75 Å². The maximum absolute atomic E-state index is 13.0. The third-order valence-electron chi connectivity index (χ3n) is 5.04. The second-order valence-electron chi connectivity index (χ2n) is 6.79. The molecule has 4 rings (SSSR count). The molecule has 1 N–H and O–H groups in total. The molecule has 0 saturated carbocycles. The van der Waals surface area contributed by atoms with Crippen LogP contribution in [-0.4, -0.2) is 17.6 Å². The van der Waals surface area contributed by atoms with Crippen LogP contribution in [0, 0.1) is 0 Å². The Bertz CT molecular complexity index is 1120. The van der Waals surface area contributed by atoms with Gasteiger partial charge in [0.05, 0.1) is 12.6 Å². The van der Waals surface area contributed by atoms with Gasteiger partial charge in [-0.2, -0.15) is 0 Å². The van der Waals surface area contributed by atoms with Gasteiger partial charge in [-0.1, -0.05) is 34.1 Å². The highest BCUT2D eigenvalue weighted by Gasteiger charge is 2.25. The normalized spacial score (nSPS) is 15.1. The van der Waals surface area contributed by atoms with Crippen LogP contribution in [0.3, 0.4) is 0 Å². The number of para-hydroxylation sites is 1. The zero-order valence-corrected chi connectivity index (χ0v) is 16.7. The van der Waals surface area contributed by atoms with Crippen LogP contribution in [-0.2, 0) is 13.0 Å². The molecule has 0 unspecified atom stereocenters. The number of rotatable bonds is 4. The third kappa shape index (κ3) is 3.04. The van der Waals surface area contributed by atoms with Crippen molar-refractivity contribution < 1.29 is 9.53 Å². The van der Waals surface area contributed by atoms with E-state index in [0.717, 1.165) is 27.5 Å². The van der Waals surface area contributed by atoms with E-state index in [9.17, 15) is 9.59 Å². The van der Waals surface area contributed by atoms with Crippen LogP contribution < -0.4 is 15.5 Å². The zero-order valence-electron chi connectivity index (χ0n) is 15.1. The number of pyridine rings is 1. The van der Waals surface area contributed by atoms with Crippen LogP contribution in [0.15, 0.2) is 51.9 Å². The molecule has 1 aliphatic rings. The first-order valence-electron chi connectivity index (χ1n) is 8.77. The van der Waals surface area contributed by atoms with Crippen molar-refractivity contribution in [1.82, 2.24) is 9.88 Å². The highest BCUT2D eigenvalue weighted by Crippen LogP contribution is 2.33. The van der Waals surface area contributed by atoms with Crippen LogP contribution in [0.1, 0.15) is 34.5 Å². The fraction of sp³-hybridized carbons (Fsp3) is 0.238. The molecule has 2 heterocycles. The first-order valence-corrected chi connectivity index (χ1v) is 9.56. The zero-order chi connectivity index (χ0) is 19.1. The summed E-state index contributed by atoms with van der Waals surface area (Å²) in [5.74, 6) is 0.325. The first kappa shape index (κ1) is 17.8. The summed E-state index contributed by atoms with van der Waals surface area (Å²) in [6.07, 6.45) is 2.54. The summed E-state index contributed by atoms with van der Waals surface area (Å²) >= 11 is 3.48. The van der Waals surface area contributed by atoms with Crippen LogP contribution in [0.25, 0.3) is 10.9 Å². The molecule has 138 valence electrons. The Hall–Kier alpha value is -2.60. The lowest BCUT2D eigenvalue weighted by Crippen LogP contribution is -2.29. The lowest BCUT2D eigenvalue weighted by atomic mass is 10.1. The average Bonchev–Trinajstić information content (AvgIpc) is 2.97. The van der Waals surface area contributed by atoms with E-state index in [1.807, 2.05) is 34.9 Å². The van der Waals surface area contributed by atoms with Crippen LogP contribution in [0.2, 0.25) is 0 Å². The van der Waals surface area contributed by atoms with E-state index in [2.05, 4.69) is 28.2 Å². The minimum absolute atomic E-state index is 0.162. The highest BCUT2D eigenvalue weighted by molar-refractivity contribution is 9.10. The first-order chi connectivity index (χ1) is 13.0. The van der Waals surface area contributed by atoms with Gasteiger partial charge in [0.1, 0.15) is 11.3 Å². The van der Waals surface area contributed by atoms with Crippen molar-refractivity contribution in [2.75, 3.05) is 7.11 Å². The van der Waals surface area contributed by atoms with E-state index in [-0.39, 0.29) is 22.9 Å². The molecule has 6 heteroatoms. The van der Waals surface area contributed by atoms with Crippen LogP contribution >= 0.6 is 15.9 Å². The second-order valence-corrected chi connectivity index (χ2v) is 7.70. The number of halogens is 1. The molecule has 0 aliphatic carbocycles. The van der Waals surface area contributed by atoms with Gasteiger partial charge in [-0.05, 0) is 37.1 Å². The Balaban J connectivity index is 1.71. The number of carbonyl (C=O) groups excluding carboxylic acids is 1. The van der Waals surface area contributed by atoms with Gasteiger partial charge >= 0.3 is 0 Å². The van der Waals surface area contributed by atoms with Crippen molar-refractivity contribution in [2.24, 2.45) is 0 Å². The fourth-order valence-electron chi connectivity index (χ4n) is 3.74. The monoisotopic (exact) mass is 426 g/mol. The molecule has 0 spiro atoms. The molecule has 1 aliphatic heterocycles. The molecule has 0 radical (unpaired) electrons. The Kier molecular flexibility index (Phi) is 4.52. The summed E-state index contributed by atoms with van der Waals surface area (Å²) < 4.78 is 8.21. The predicted molar refractivity (Wildman–Crippen MR) is 108 cm³/mol. The summed E-state index contributed by atoms with van der Waals surface area (Å²) in [7, 11) is 1.59. The van der Waals surface area contributed by atoms with Crippen LogP contribution in [0.5, 0.6) is 5.75 Å². The molecule has 0 saturated heterocycles. The van der Waals surface area contributed by atoms with Gasteiger partial charge in [-0.25, -0.2) is 0 Å². The average molecular weight is 427 g/mol. The second kappa shape index (κ2) is 6.85.